The highest BCUT2D eigenvalue weighted by molar-refractivity contribution is 5.23. The van der Waals surface area contributed by atoms with Gasteiger partial charge in [0.05, 0.1) is 6.61 Å². The van der Waals surface area contributed by atoms with Gasteiger partial charge >= 0.3 is 0 Å². The van der Waals surface area contributed by atoms with Crippen molar-refractivity contribution in [3.63, 3.8) is 0 Å². The molecule has 0 heterocycles. The monoisotopic (exact) mass is 250 g/mol. The molecule has 0 aromatic heterocycles. The van der Waals surface area contributed by atoms with Crippen LogP contribution in [0.15, 0.2) is 24.3 Å². The summed E-state index contributed by atoms with van der Waals surface area (Å²) in [5, 5.41) is 9.19. The van der Waals surface area contributed by atoms with Crippen molar-refractivity contribution in [1.82, 2.24) is 4.90 Å². The maximum atomic E-state index is 9.19. The summed E-state index contributed by atoms with van der Waals surface area (Å²) >= 11 is 0. The van der Waals surface area contributed by atoms with Crippen LogP contribution in [0.25, 0.3) is 0 Å². The number of aliphatic hydroxyl groups excluding tert-OH is 1. The predicted molar refractivity (Wildman–Crippen MR) is 76.2 cm³/mol. The molecule has 0 amide bonds. The van der Waals surface area contributed by atoms with E-state index in [0.29, 0.717) is 12.6 Å². The summed E-state index contributed by atoms with van der Waals surface area (Å²) in [4.78, 5) is 2.36. The van der Waals surface area contributed by atoms with Gasteiger partial charge in [0.15, 0.2) is 0 Å². The Morgan fingerprint density at radius 2 is 1.89 bits per heavy atom. The topological polar surface area (TPSA) is 49.5 Å². The van der Waals surface area contributed by atoms with E-state index in [-0.39, 0.29) is 6.61 Å². The number of hydrogen-bond acceptors (Lipinski definition) is 3. The van der Waals surface area contributed by atoms with Gasteiger partial charge in [0, 0.05) is 25.7 Å². The van der Waals surface area contributed by atoms with Crippen LogP contribution in [0.3, 0.4) is 0 Å². The minimum atomic E-state index is 0.215. The summed E-state index contributed by atoms with van der Waals surface area (Å²) in [7, 11) is 0. The normalized spacial score (nSPS) is 11.4. The summed E-state index contributed by atoms with van der Waals surface area (Å²) < 4.78 is 0. The van der Waals surface area contributed by atoms with Gasteiger partial charge in [-0.2, -0.15) is 0 Å². The molecule has 0 aliphatic rings. The quantitative estimate of drug-likeness (QED) is 0.743. The number of rotatable bonds is 8. The second-order valence-electron chi connectivity index (χ2n) is 4.69. The molecule has 0 unspecified atom stereocenters. The van der Waals surface area contributed by atoms with Gasteiger partial charge in [0.25, 0.3) is 0 Å². The molecule has 3 heteroatoms. The van der Waals surface area contributed by atoms with E-state index in [4.69, 9.17) is 5.73 Å². The maximum Gasteiger partial charge on any atom is 0.0558 e. The zero-order chi connectivity index (χ0) is 13.4. The van der Waals surface area contributed by atoms with E-state index in [0.717, 1.165) is 25.9 Å². The average molecular weight is 250 g/mol. The largest absolute Gasteiger partial charge is 0.395 e. The number of nitrogens with zero attached hydrogens (tertiary/aromatic N) is 1. The van der Waals surface area contributed by atoms with Crippen molar-refractivity contribution < 1.29 is 5.11 Å². The highest BCUT2D eigenvalue weighted by Crippen LogP contribution is 2.14. The minimum absolute atomic E-state index is 0.215. The molecule has 1 rings (SSSR count). The first-order valence-electron chi connectivity index (χ1n) is 6.87. The lowest BCUT2D eigenvalue weighted by Gasteiger charge is -2.30. The Bertz CT molecular complexity index is 337. The average Bonchev–Trinajstić information content (AvgIpc) is 2.40. The molecule has 0 saturated heterocycles. The van der Waals surface area contributed by atoms with Crippen LogP contribution < -0.4 is 5.73 Å². The predicted octanol–water partition coefficient (Wildman–Crippen LogP) is 2.13. The van der Waals surface area contributed by atoms with E-state index in [2.05, 4.69) is 43.0 Å². The van der Waals surface area contributed by atoms with Crippen molar-refractivity contribution in [3.8, 4) is 0 Å². The summed E-state index contributed by atoms with van der Waals surface area (Å²) in [6.07, 6.45) is 2.24. The van der Waals surface area contributed by atoms with E-state index >= 15 is 0 Å². The fraction of sp³-hybridized carbons (Fsp3) is 0.600. The summed E-state index contributed by atoms with van der Waals surface area (Å²) in [5.41, 5.74) is 8.11. The molecule has 1 aromatic carbocycles. The van der Waals surface area contributed by atoms with Gasteiger partial charge in [0.1, 0.15) is 0 Å². The number of hydrogen-bond donors (Lipinski definition) is 2. The van der Waals surface area contributed by atoms with Crippen LogP contribution in [-0.4, -0.2) is 29.2 Å². The first kappa shape index (κ1) is 15.2. The van der Waals surface area contributed by atoms with Crippen molar-refractivity contribution in [3.05, 3.63) is 35.4 Å². The van der Waals surface area contributed by atoms with E-state index in [1.54, 1.807) is 0 Å². The fourth-order valence-corrected chi connectivity index (χ4v) is 2.41. The molecule has 0 radical (unpaired) electrons. The molecule has 0 fully saturated rings. The summed E-state index contributed by atoms with van der Waals surface area (Å²) in [5.74, 6) is 0. The lowest BCUT2D eigenvalue weighted by Crippen LogP contribution is -2.36. The molecule has 3 N–H and O–H groups in total. The number of nitrogens with two attached hydrogens (primary N) is 1. The molecular weight excluding hydrogens is 224 g/mol. The fourth-order valence-electron chi connectivity index (χ4n) is 2.41. The van der Waals surface area contributed by atoms with Crippen molar-refractivity contribution in [1.29, 1.82) is 0 Å². The van der Waals surface area contributed by atoms with Crippen LogP contribution in [0.1, 0.15) is 37.8 Å². The minimum Gasteiger partial charge on any atom is -0.395 e. The zero-order valence-electron chi connectivity index (χ0n) is 11.6. The van der Waals surface area contributed by atoms with Crippen LogP contribution >= 0.6 is 0 Å². The lowest BCUT2D eigenvalue weighted by molar-refractivity contribution is 0.136. The molecule has 102 valence electrons. The number of aliphatic hydroxyl groups is 1. The SMILES string of the molecule is CCC(CC)N(CCO)Cc1cccc(CN)c1. The third kappa shape index (κ3) is 4.41. The molecule has 0 atom stereocenters. The lowest BCUT2D eigenvalue weighted by atomic mass is 10.1. The Hall–Kier alpha value is -0.900. The Labute approximate surface area is 111 Å². The summed E-state index contributed by atoms with van der Waals surface area (Å²) in [6, 6.07) is 8.94. The third-order valence-electron chi connectivity index (χ3n) is 3.46. The van der Waals surface area contributed by atoms with Crippen LogP contribution in [0, 0.1) is 0 Å². The van der Waals surface area contributed by atoms with Crippen molar-refractivity contribution >= 4 is 0 Å². The van der Waals surface area contributed by atoms with Gasteiger partial charge in [0.2, 0.25) is 0 Å². The van der Waals surface area contributed by atoms with E-state index in [9.17, 15) is 5.11 Å². The van der Waals surface area contributed by atoms with E-state index < -0.39 is 0 Å². The zero-order valence-corrected chi connectivity index (χ0v) is 11.6. The Balaban J connectivity index is 2.75. The van der Waals surface area contributed by atoms with E-state index in [1.165, 1.54) is 11.1 Å². The van der Waals surface area contributed by atoms with Gasteiger partial charge in [-0.05, 0) is 24.0 Å². The second kappa shape index (κ2) is 8.25. The van der Waals surface area contributed by atoms with Gasteiger partial charge in [-0.1, -0.05) is 38.1 Å². The van der Waals surface area contributed by atoms with Crippen LogP contribution in [-0.2, 0) is 13.1 Å². The smallest absolute Gasteiger partial charge is 0.0558 e. The van der Waals surface area contributed by atoms with Gasteiger partial charge in [-0.15, -0.1) is 0 Å². The third-order valence-corrected chi connectivity index (χ3v) is 3.46. The first-order chi connectivity index (χ1) is 8.74. The summed E-state index contributed by atoms with van der Waals surface area (Å²) in [6.45, 7) is 6.83. The van der Waals surface area contributed by atoms with E-state index in [1.807, 2.05) is 0 Å². The Morgan fingerprint density at radius 1 is 1.22 bits per heavy atom. The van der Waals surface area contributed by atoms with Crippen molar-refractivity contribution in [2.24, 2.45) is 5.73 Å². The van der Waals surface area contributed by atoms with Gasteiger partial charge < -0.3 is 10.8 Å². The Kier molecular flexibility index (Phi) is 6.94. The van der Waals surface area contributed by atoms with Gasteiger partial charge in [-0.25, -0.2) is 0 Å². The first-order valence-corrected chi connectivity index (χ1v) is 6.87. The van der Waals surface area contributed by atoms with Crippen LogP contribution in [0.4, 0.5) is 0 Å². The highest BCUT2D eigenvalue weighted by Gasteiger charge is 2.14. The second-order valence-corrected chi connectivity index (χ2v) is 4.69. The molecular formula is C15H26N2O. The van der Waals surface area contributed by atoms with Crippen LogP contribution in [0.2, 0.25) is 0 Å². The molecule has 0 bridgehead atoms. The molecule has 1 aromatic rings. The highest BCUT2D eigenvalue weighted by atomic mass is 16.3. The standard InChI is InChI=1S/C15H26N2O/c1-3-15(4-2)17(8-9-18)12-14-7-5-6-13(10-14)11-16/h5-7,10,15,18H,3-4,8-9,11-12,16H2,1-2H3. The van der Waals surface area contributed by atoms with Crippen LogP contribution in [0.5, 0.6) is 0 Å². The molecule has 3 nitrogen and oxygen atoms in total. The maximum absolute atomic E-state index is 9.19. The molecule has 0 aliphatic heterocycles. The molecule has 0 saturated carbocycles. The van der Waals surface area contributed by atoms with Crippen molar-refractivity contribution in [2.45, 2.75) is 45.8 Å². The molecule has 0 aliphatic carbocycles. The Morgan fingerprint density at radius 3 is 2.44 bits per heavy atom. The number of benzene rings is 1. The van der Waals surface area contributed by atoms with Crippen molar-refractivity contribution in [2.75, 3.05) is 13.2 Å². The molecule has 0 spiro atoms. The molecule has 18 heavy (non-hydrogen) atoms. The van der Waals surface area contributed by atoms with Gasteiger partial charge in [-0.3, -0.25) is 4.90 Å².